The van der Waals surface area contributed by atoms with E-state index in [2.05, 4.69) is 35.0 Å². The number of esters is 1. The fourth-order valence-electron chi connectivity index (χ4n) is 2.92. The third-order valence-corrected chi connectivity index (χ3v) is 4.05. The molecule has 5 heteroatoms. The van der Waals surface area contributed by atoms with Gasteiger partial charge in [-0.25, -0.2) is 0 Å². The molecule has 0 saturated carbocycles. The summed E-state index contributed by atoms with van der Waals surface area (Å²) >= 11 is 0. The van der Waals surface area contributed by atoms with E-state index in [0.717, 1.165) is 23.1 Å². The van der Waals surface area contributed by atoms with Crippen LogP contribution < -0.4 is 4.90 Å². The van der Waals surface area contributed by atoms with Crippen molar-refractivity contribution in [3.05, 3.63) is 36.0 Å². The smallest absolute Gasteiger partial charge is 0.308 e. The Bertz CT molecular complexity index is 687. The van der Waals surface area contributed by atoms with E-state index in [-0.39, 0.29) is 18.5 Å². The van der Waals surface area contributed by atoms with Gasteiger partial charge >= 0.3 is 5.97 Å². The summed E-state index contributed by atoms with van der Waals surface area (Å²) in [5.74, 6) is -0.234. The molecule has 3 rings (SSSR count). The SMILES string of the molecule is COC(=O)C[C@@H]1CN(c2ccnc3c(C)cccc23)CCO1. The molecule has 2 heterocycles. The molecule has 0 spiro atoms. The van der Waals surface area contributed by atoms with Gasteiger partial charge < -0.3 is 14.4 Å². The number of methoxy groups -OCH3 is 1. The number of nitrogens with zero attached hydrogens (tertiary/aromatic N) is 2. The van der Waals surface area contributed by atoms with Crippen LogP contribution in [0.5, 0.6) is 0 Å². The van der Waals surface area contributed by atoms with Gasteiger partial charge in [-0.3, -0.25) is 9.78 Å². The van der Waals surface area contributed by atoms with Crippen LogP contribution >= 0.6 is 0 Å². The normalized spacial score (nSPS) is 18.5. The van der Waals surface area contributed by atoms with Crippen LogP contribution in [0, 0.1) is 6.92 Å². The van der Waals surface area contributed by atoms with Gasteiger partial charge in [0.25, 0.3) is 0 Å². The number of hydrogen-bond acceptors (Lipinski definition) is 5. The van der Waals surface area contributed by atoms with Crippen LogP contribution in [0.4, 0.5) is 5.69 Å². The predicted octanol–water partition coefficient (Wildman–Crippen LogP) is 2.31. The highest BCUT2D eigenvalue weighted by molar-refractivity contribution is 5.93. The molecule has 2 aromatic rings. The van der Waals surface area contributed by atoms with Crippen molar-refractivity contribution < 1.29 is 14.3 Å². The van der Waals surface area contributed by atoms with E-state index >= 15 is 0 Å². The molecular formula is C17H20N2O3. The number of hydrogen-bond donors (Lipinski definition) is 0. The number of carbonyl (C=O) groups excluding carboxylic acids is 1. The number of anilines is 1. The third kappa shape index (κ3) is 2.90. The summed E-state index contributed by atoms with van der Waals surface area (Å²) in [5.41, 5.74) is 3.33. The number of benzene rings is 1. The largest absolute Gasteiger partial charge is 0.469 e. The third-order valence-electron chi connectivity index (χ3n) is 4.05. The maximum atomic E-state index is 11.4. The zero-order chi connectivity index (χ0) is 15.5. The molecular weight excluding hydrogens is 280 g/mol. The molecule has 0 aliphatic carbocycles. The second kappa shape index (κ2) is 6.32. The van der Waals surface area contributed by atoms with Crippen LogP contribution in [-0.4, -0.2) is 43.9 Å². The highest BCUT2D eigenvalue weighted by Gasteiger charge is 2.24. The Balaban J connectivity index is 1.87. The number of fused-ring (bicyclic) bond motifs is 1. The molecule has 0 unspecified atom stereocenters. The van der Waals surface area contributed by atoms with E-state index in [9.17, 15) is 4.79 Å². The minimum Gasteiger partial charge on any atom is -0.469 e. The minimum atomic E-state index is -0.234. The van der Waals surface area contributed by atoms with Crippen LogP contribution in [0.2, 0.25) is 0 Å². The van der Waals surface area contributed by atoms with Crippen molar-refractivity contribution in [2.24, 2.45) is 0 Å². The topological polar surface area (TPSA) is 51.7 Å². The maximum absolute atomic E-state index is 11.4. The molecule has 1 aromatic carbocycles. The lowest BCUT2D eigenvalue weighted by Crippen LogP contribution is -2.43. The molecule has 1 saturated heterocycles. The predicted molar refractivity (Wildman–Crippen MR) is 85.1 cm³/mol. The number of morpholine rings is 1. The number of para-hydroxylation sites is 1. The van der Waals surface area contributed by atoms with Crippen molar-refractivity contribution >= 4 is 22.6 Å². The number of ether oxygens (including phenoxy) is 2. The molecule has 0 bridgehead atoms. The molecule has 5 nitrogen and oxygen atoms in total. The summed E-state index contributed by atoms with van der Waals surface area (Å²) in [6.45, 7) is 4.17. The van der Waals surface area contributed by atoms with E-state index in [1.807, 2.05) is 12.3 Å². The van der Waals surface area contributed by atoms with E-state index < -0.39 is 0 Å². The highest BCUT2D eigenvalue weighted by atomic mass is 16.5. The van der Waals surface area contributed by atoms with Crippen LogP contribution in [0.1, 0.15) is 12.0 Å². The Hall–Kier alpha value is -2.14. The van der Waals surface area contributed by atoms with Crippen molar-refractivity contribution in [2.75, 3.05) is 31.7 Å². The van der Waals surface area contributed by atoms with Gasteiger partial charge in [0.1, 0.15) is 0 Å². The van der Waals surface area contributed by atoms with Crippen molar-refractivity contribution in [1.29, 1.82) is 0 Å². The molecule has 1 aliphatic heterocycles. The highest BCUT2D eigenvalue weighted by Crippen LogP contribution is 2.28. The Morgan fingerprint density at radius 3 is 3.14 bits per heavy atom. The van der Waals surface area contributed by atoms with Gasteiger partial charge in [-0.15, -0.1) is 0 Å². The average Bonchev–Trinajstić information content (AvgIpc) is 2.55. The van der Waals surface area contributed by atoms with Gasteiger partial charge in [0.05, 0.1) is 31.8 Å². The van der Waals surface area contributed by atoms with Crippen LogP contribution in [0.25, 0.3) is 10.9 Å². The average molecular weight is 300 g/mol. The van der Waals surface area contributed by atoms with E-state index in [1.165, 1.54) is 12.7 Å². The number of aromatic nitrogens is 1. The van der Waals surface area contributed by atoms with Gasteiger partial charge in [0.15, 0.2) is 0 Å². The Kier molecular flexibility index (Phi) is 4.24. The number of pyridine rings is 1. The molecule has 1 aliphatic rings. The first kappa shape index (κ1) is 14.8. The van der Waals surface area contributed by atoms with Crippen LogP contribution in [-0.2, 0) is 14.3 Å². The zero-order valence-corrected chi connectivity index (χ0v) is 12.9. The summed E-state index contributed by atoms with van der Waals surface area (Å²) in [4.78, 5) is 18.2. The summed E-state index contributed by atoms with van der Waals surface area (Å²) in [5, 5.41) is 1.14. The number of carbonyl (C=O) groups is 1. The van der Waals surface area contributed by atoms with Gasteiger partial charge in [-0.05, 0) is 18.6 Å². The second-order valence-corrected chi connectivity index (χ2v) is 5.52. The molecule has 22 heavy (non-hydrogen) atoms. The lowest BCUT2D eigenvalue weighted by Gasteiger charge is -2.34. The monoisotopic (exact) mass is 300 g/mol. The zero-order valence-electron chi connectivity index (χ0n) is 12.9. The lowest BCUT2D eigenvalue weighted by atomic mass is 10.1. The van der Waals surface area contributed by atoms with E-state index in [4.69, 9.17) is 9.47 Å². The summed E-state index contributed by atoms with van der Waals surface area (Å²) in [6.07, 6.45) is 2.00. The first-order valence-corrected chi connectivity index (χ1v) is 7.46. The summed E-state index contributed by atoms with van der Waals surface area (Å²) in [7, 11) is 1.40. The van der Waals surface area contributed by atoms with Gasteiger partial charge in [-0.2, -0.15) is 0 Å². The molecule has 0 N–H and O–H groups in total. The Labute approximate surface area is 129 Å². The van der Waals surface area contributed by atoms with Crippen molar-refractivity contribution in [3.8, 4) is 0 Å². The molecule has 0 amide bonds. The summed E-state index contributed by atoms with van der Waals surface area (Å²) < 4.78 is 10.4. The molecule has 0 radical (unpaired) electrons. The summed E-state index contributed by atoms with van der Waals surface area (Å²) in [6, 6.07) is 8.24. The fourth-order valence-corrected chi connectivity index (χ4v) is 2.92. The van der Waals surface area contributed by atoms with Gasteiger partial charge in [-0.1, -0.05) is 18.2 Å². The minimum absolute atomic E-state index is 0.130. The Morgan fingerprint density at radius 2 is 2.32 bits per heavy atom. The fraction of sp³-hybridized carbons (Fsp3) is 0.412. The number of rotatable bonds is 3. The first-order chi connectivity index (χ1) is 10.7. The lowest BCUT2D eigenvalue weighted by molar-refractivity contribution is -0.144. The van der Waals surface area contributed by atoms with Crippen molar-refractivity contribution in [2.45, 2.75) is 19.4 Å². The van der Waals surface area contributed by atoms with E-state index in [1.54, 1.807) is 0 Å². The Morgan fingerprint density at radius 1 is 1.45 bits per heavy atom. The molecule has 116 valence electrons. The van der Waals surface area contributed by atoms with E-state index in [0.29, 0.717) is 13.2 Å². The first-order valence-electron chi connectivity index (χ1n) is 7.46. The number of aryl methyl sites for hydroxylation is 1. The van der Waals surface area contributed by atoms with Gasteiger partial charge in [0, 0.05) is 30.4 Å². The molecule has 1 fully saturated rings. The van der Waals surface area contributed by atoms with Crippen LogP contribution in [0.3, 0.4) is 0 Å². The molecule has 1 aromatic heterocycles. The van der Waals surface area contributed by atoms with Crippen molar-refractivity contribution in [1.82, 2.24) is 4.98 Å². The standard InChI is InChI=1S/C17H20N2O3/c1-12-4-3-5-14-15(6-7-18-17(12)14)19-8-9-22-13(11-19)10-16(20)21-2/h3-7,13H,8-11H2,1-2H3/t13-/m1/s1. The second-order valence-electron chi connectivity index (χ2n) is 5.52. The van der Waals surface area contributed by atoms with Crippen molar-refractivity contribution in [3.63, 3.8) is 0 Å². The van der Waals surface area contributed by atoms with Crippen LogP contribution in [0.15, 0.2) is 30.5 Å². The molecule has 1 atom stereocenters. The quantitative estimate of drug-likeness (QED) is 0.814. The van der Waals surface area contributed by atoms with Gasteiger partial charge in [0.2, 0.25) is 0 Å². The maximum Gasteiger partial charge on any atom is 0.308 e.